The Morgan fingerprint density at radius 1 is 1.24 bits per heavy atom. The first kappa shape index (κ1) is 21.5. The summed E-state index contributed by atoms with van der Waals surface area (Å²) < 4.78 is 13.1. The first-order chi connectivity index (χ1) is 16.1. The zero-order valence-corrected chi connectivity index (χ0v) is 18.9. The van der Waals surface area contributed by atoms with Gasteiger partial charge in [0.05, 0.1) is 37.2 Å². The molecule has 2 atom stereocenters. The minimum Gasteiger partial charge on any atom is -0.497 e. The summed E-state index contributed by atoms with van der Waals surface area (Å²) in [5.41, 5.74) is 2.77. The fraction of sp³-hybridized carbons (Fsp3) is 0.400. The van der Waals surface area contributed by atoms with Crippen LogP contribution in [0.4, 0.5) is 0 Å². The Morgan fingerprint density at radius 2 is 2.09 bits per heavy atom. The molecular weight excluding hydrogens is 420 g/mol. The predicted octanol–water partition coefficient (Wildman–Crippen LogP) is 2.94. The first-order valence-electron chi connectivity index (χ1n) is 11.2. The molecule has 8 heteroatoms. The summed E-state index contributed by atoms with van der Waals surface area (Å²) in [6, 6.07) is 11.7. The van der Waals surface area contributed by atoms with E-state index in [1.807, 2.05) is 60.7 Å². The van der Waals surface area contributed by atoms with Crippen molar-refractivity contribution in [3.63, 3.8) is 0 Å². The summed E-state index contributed by atoms with van der Waals surface area (Å²) >= 11 is 0. The van der Waals surface area contributed by atoms with E-state index in [1.165, 1.54) is 0 Å². The van der Waals surface area contributed by atoms with Crippen molar-refractivity contribution < 1.29 is 19.1 Å². The van der Waals surface area contributed by atoms with E-state index >= 15 is 0 Å². The highest BCUT2D eigenvalue weighted by Crippen LogP contribution is 2.30. The Balaban J connectivity index is 1.28. The number of hydrogen-bond donors (Lipinski definition) is 0. The molecule has 1 fully saturated rings. The van der Waals surface area contributed by atoms with Gasteiger partial charge >= 0.3 is 0 Å². The van der Waals surface area contributed by atoms with Crippen molar-refractivity contribution in [3.05, 3.63) is 66.2 Å². The number of aromatic nitrogens is 2. The fourth-order valence-corrected chi connectivity index (χ4v) is 4.58. The molecule has 33 heavy (non-hydrogen) atoms. The van der Waals surface area contributed by atoms with Crippen LogP contribution in [0.25, 0.3) is 5.52 Å². The molecule has 172 valence electrons. The average molecular weight is 449 g/mol. The van der Waals surface area contributed by atoms with E-state index in [0.717, 1.165) is 34.7 Å². The van der Waals surface area contributed by atoms with Gasteiger partial charge in [0, 0.05) is 44.0 Å². The van der Waals surface area contributed by atoms with Crippen LogP contribution in [0.2, 0.25) is 0 Å². The van der Waals surface area contributed by atoms with Crippen molar-refractivity contribution in [1.29, 1.82) is 0 Å². The smallest absolute Gasteiger partial charge is 0.269 e. The second-order valence-corrected chi connectivity index (χ2v) is 8.84. The molecule has 2 aliphatic heterocycles. The van der Waals surface area contributed by atoms with Crippen molar-refractivity contribution in [1.82, 2.24) is 14.3 Å². The molecule has 1 saturated heterocycles. The van der Waals surface area contributed by atoms with Crippen molar-refractivity contribution in [2.75, 3.05) is 33.4 Å². The number of rotatable bonds is 5. The second-order valence-electron chi connectivity index (χ2n) is 8.84. The number of nitrogens with zero attached hydrogens (tertiary/aromatic N) is 4. The van der Waals surface area contributed by atoms with Crippen LogP contribution in [0.5, 0.6) is 5.75 Å². The van der Waals surface area contributed by atoms with E-state index in [-0.39, 0.29) is 11.8 Å². The van der Waals surface area contributed by atoms with Gasteiger partial charge in [0.25, 0.3) is 5.91 Å². The lowest BCUT2D eigenvalue weighted by Crippen LogP contribution is -2.49. The third-order valence-electron chi connectivity index (χ3n) is 6.38. The Hall–Kier alpha value is -3.39. The number of carbonyl (C=O) groups is 1. The standard InChI is InChI=1S/C25H28N4O4/c1-25(15-22(27-33-25)19-5-7-20(31-2)8-6-19)24(30)29-12-13-32-17-18(16-29)14-21-23-4-3-10-28(23)11-9-26-21/h3-11,18H,12-17H2,1-2H3/t18-,25+/m0/s1. The molecule has 5 rings (SSSR count). The topological polar surface area (TPSA) is 77.7 Å². The van der Waals surface area contributed by atoms with Gasteiger partial charge in [0.15, 0.2) is 0 Å². The van der Waals surface area contributed by atoms with Crippen LogP contribution in [-0.4, -0.2) is 64.9 Å². The normalized spacial score (nSPS) is 23.2. The van der Waals surface area contributed by atoms with Gasteiger partial charge in [0.2, 0.25) is 5.60 Å². The molecule has 0 radical (unpaired) electrons. The monoisotopic (exact) mass is 448 g/mol. The summed E-state index contributed by atoms with van der Waals surface area (Å²) in [5.74, 6) is 0.870. The van der Waals surface area contributed by atoms with Gasteiger partial charge in [-0.3, -0.25) is 9.78 Å². The molecule has 0 aliphatic carbocycles. The summed E-state index contributed by atoms with van der Waals surface area (Å²) in [6.45, 7) is 4.05. The van der Waals surface area contributed by atoms with Crippen LogP contribution in [0.3, 0.4) is 0 Å². The molecule has 3 aromatic rings. The number of methoxy groups -OCH3 is 1. The van der Waals surface area contributed by atoms with E-state index in [0.29, 0.717) is 32.7 Å². The summed E-state index contributed by atoms with van der Waals surface area (Å²) in [6.07, 6.45) is 6.93. The molecule has 2 aliphatic rings. The maximum atomic E-state index is 13.6. The zero-order chi connectivity index (χ0) is 22.8. The second kappa shape index (κ2) is 8.86. The lowest BCUT2D eigenvalue weighted by molar-refractivity contribution is -0.153. The van der Waals surface area contributed by atoms with Crippen LogP contribution in [-0.2, 0) is 20.8 Å². The third kappa shape index (κ3) is 4.30. The quantitative estimate of drug-likeness (QED) is 0.600. The Labute approximate surface area is 192 Å². The van der Waals surface area contributed by atoms with E-state index in [2.05, 4.69) is 20.6 Å². The zero-order valence-electron chi connectivity index (χ0n) is 18.9. The first-order valence-corrected chi connectivity index (χ1v) is 11.2. The number of amides is 1. The highest BCUT2D eigenvalue weighted by atomic mass is 16.7. The van der Waals surface area contributed by atoms with Crippen LogP contribution in [0.1, 0.15) is 24.6 Å². The molecule has 0 N–H and O–H groups in total. The highest BCUT2D eigenvalue weighted by molar-refractivity contribution is 6.05. The van der Waals surface area contributed by atoms with Gasteiger partial charge in [-0.05, 0) is 55.3 Å². The minimum atomic E-state index is -1.02. The summed E-state index contributed by atoms with van der Waals surface area (Å²) in [4.78, 5) is 25.7. The van der Waals surface area contributed by atoms with Crippen molar-refractivity contribution in [3.8, 4) is 5.75 Å². The van der Waals surface area contributed by atoms with Crippen LogP contribution >= 0.6 is 0 Å². The van der Waals surface area contributed by atoms with E-state index < -0.39 is 5.60 Å². The summed E-state index contributed by atoms with van der Waals surface area (Å²) in [5, 5.41) is 4.25. The molecule has 4 heterocycles. The molecule has 0 spiro atoms. The molecule has 2 aromatic heterocycles. The van der Waals surface area contributed by atoms with Crippen molar-refractivity contribution in [2.24, 2.45) is 11.1 Å². The highest BCUT2D eigenvalue weighted by Gasteiger charge is 2.45. The average Bonchev–Trinajstić information content (AvgIpc) is 3.42. The lowest BCUT2D eigenvalue weighted by Gasteiger charge is -2.30. The molecule has 0 saturated carbocycles. The lowest BCUT2D eigenvalue weighted by atomic mass is 9.93. The largest absolute Gasteiger partial charge is 0.497 e. The maximum Gasteiger partial charge on any atom is 0.269 e. The molecule has 1 aromatic carbocycles. The van der Waals surface area contributed by atoms with Crippen molar-refractivity contribution in [2.45, 2.75) is 25.4 Å². The molecule has 1 amide bonds. The van der Waals surface area contributed by atoms with E-state index in [9.17, 15) is 4.79 Å². The van der Waals surface area contributed by atoms with Gasteiger partial charge in [-0.15, -0.1) is 0 Å². The van der Waals surface area contributed by atoms with Crippen LogP contribution in [0, 0.1) is 5.92 Å². The van der Waals surface area contributed by atoms with Gasteiger partial charge in [-0.1, -0.05) is 5.16 Å². The third-order valence-corrected chi connectivity index (χ3v) is 6.38. The van der Waals surface area contributed by atoms with Gasteiger partial charge in [0.1, 0.15) is 5.75 Å². The Morgan fingerprint density at radius 3 is 2.91 bits per heavy atom. The molecule has 0 bridgehead atoms. The molecule has 8 nitrogen and oxygen atoms in total. The van der Waals surface area contributed by atoms with Gasteiger partial charge in [-0.2, -0.15) is 0 Å². The van der Waals surface area contributed by atoms with Crippen molar-refractivity contribution >= 4 is 17.1 Å². The van der Waals surface area contributed by atoms with Gasteiger partial charge < -0.3 is 23.6 Å². The maximum absolute atomic E-state index is 13.6. The number of carbonyl (C=O) groups excluding carboxylic acids is 1. The number of hydrogen-bond acceptors (Lipinski definition) is 6. The van der Waals surface area contributed by atoms with Gasteiger partial charge in [-0.25, -0.2) is 0 Å². The fourth-order valence-electron chi connectivity index (χ4n) is 4.58. The summed E-state index contributed by atoms with van der Waals surface area (Å²) in [7, 11) is 1.63. The SMILES string of the molecule is COc1ccc(C2=NO[C@@](C)(C(=O)N3CCOC[C@@H](Cc4nccn5cccc45)C3)C2)cc1. The van der Waals surface area contributed by atoms with Crippen LogP contribution < -0.4 is 4.74 Å². The minimum absolute atomic E-state index is 0.0564. The number of benzene rings is 1. The molecule has 0 unspecified atom stereocenters. The molecular formula is C25H28N4O4. The predicted molar refractivity (Wildman–Crippen MR) is 123 cm³/mol. The van der Waals surface area contributed by atoms with Crippen LogP contribution in [0.15, 0.2) is 60.1 Å². The Bertz CT molecular complexity index is 1170. The number of fused-ring (bicyclic) bond motifs is 1. The Kier molecular flexibility index (Phi) is 5.76. The number of ether oxygens (including phenoxy) is 2. The van der Waals surface area contributed by atoms with E-state index in [4.69, 9.17) is 14.3 Å². The number of oxime groups is 1. The van der Waals surface area contributed by atoms with E-state index in [1.54, 1.807) is 7.11 Å².